The molecule has 0 aliphatic carbocycles. The fourth-order valence-electron chi connectivity index (χ4n) is 2.53. The van der Waals surface area contributed by atoms with Gasteiger partial charge in [-0.2, -0.15) is 0 Å². The molecule has 0 radical (unpaired) electrons. The lowest BCUT2D eigenvalue weighted by Crippen LogP contribution is -2.19. The van der Waals surface area contributed by atoms with Crippen molar-refractivity contribution in [1.82, 2.24) is 9.55 Å². The first kappa shape index (κ1) is 12.2. The molecule has 0 atom stereocenters. The van der Waals surface area contributed by atoms with Gasteiger partial charge in [0.1, 0.15) is 5.65 Å². The number of hydrogen-bond donors (Lipinski definition) is 0. The lowest BCUT2D eigenvalue weighted by molar-refractivity contribution is 0.0600. The van der Waals surface area contributed by atoms with E-state index in [1.807, 2.05) is 18.3 Å². The summed E-state index contributed by atoms with van der Waals surface area (Å²) in [5.41, 5.74) is 1.40. The van der Waals surface area contributed by atoms with Crippen molar-refractivity contribution in [2.45, 2.75) is 18.9 Å². The van der Waals surface area contributed by atoms with E-state index in [1.54, 1.807) is 6.20 Å². The molecule has 0 bridgehead atoms. The molecule has 0 spiro atoms. The number of carbonyl (C=O) groups excluding carboxylic acids is 1. The maximum atomic E-state index is 11.5. The van der Waals surface area contributed by atoms with Gasteiger partial charge in [-0.05, 0) is 25.0 Å². The summed E-state index contributed by atoms with van der Waals surface area (Å²) in [5.74, 6) is -0.354. The van der Waals surface area contributed by atoms with Crippen LogP contribution in [0.1, 0.15) is 29.2 Å². The topological polar surface area (TPSA) is 53.3 Å². The first-order valence-electron chi connectivity index (χ1n) is 6.42. The van der Waals surface area contributed by atoms with Crippen molar-refractivity contribution in [3.05, 3.63) is 30.1 Å². The van der Waals surface area contributed by atoms with Crippen LogP contribution >= 0.6 is 0 Å². The number of nitrogens with zero attached hydrogens (tertiary/aromatic N) is 2. The fourth-order valence-corrected chi connectivity index (χ4v) is 2.53. The molecule has 5 nitrogen and oxygen atoms in total. The largest absolute Gasteiger partial charge is 0.465 e. The van der Waals surface area contributed by atoms with Crippen LogP contribution in [0.2, 0.25) is 0 Å². The average molecular weight is 260 g/mol. The molecule has 0 unspecified atom stereocenters. The molecule has 19 heavy (non-hydrogen) atoms. The highest BCUT2D eigenvalue weighted by Crippen LogP contribution is 2.26. The monoisotopic (exact) mass is 260 g/mol. The van der Waals surface area contributed by atoms with Crippen molar-refractivity contribution in [3.63, 3.8) is 0 Å². The second-order valence-corrected chi connectivity index (χ2v) is 4.69. The van der Waals surface area contributed by atoms with Gasteiger partial charge in [-0.1, -0.05) is 0 Å². The Morgan fingerprint density at radius 2 is 2.26 bits per heavy atom. The average Bonchev–Trinajstić information content (AvgIpc) is 2.90. The molecule has 100 valence electrons. The highest BCUT2D eigenvalue weighted by Gasteiger charge is 2.18. The van der Waals surface area contributed by atoms with Crippen LogP contribution in [0.15, 0.2) is 24.5 Å². The Kier molecular flexibility index (Phi) is 3.21. The van der Waals surface area contributed by atoms with E-state index in [1.165, 1.54) is 7.11 Å². The SMILES string of the molecule is COC(=O)c1cnc2c(ccn2C2CCOCC2)c1. The van der Waals surface area contributed by atoms with Crippen LogP contribution in [-0.4, -0.2) is 35.8 Å². The van der Waals surface area contributed by atoms with E-state index in [2.05, 4.69) is 9.55 Å². The molecule has 2 aromatic rings. The standard InChI is InChI=1S/C14H16N2O3/c1-18-14(17)11-8-10-2-5-16(13(10)15-9-11)12-3-6-19-7-4-12/h2,5,8-9,12H,3-4,6-7H2,1H3. The van der Waals surface area contributed by atoms with Crippen molar-refractivity contribution in [2.24, 2.45) is 0 Å². The Balaban J connectivity index is 1.97. The van der Waals surface area contributed by atoms with Crippen LogP contribution in [0.5, 0.6) is 0 Å². The zero-order valence-corrected chi connectivity index (χ0v) is 10.8. The Bertz CT molecular complexity index is 600. The molecule has 3 heterocycles. The lowest BCUT2D eigenvalue weighted by atomic mass is 10.1. The van der Waals surface area contributed by atoms with Gasteiger partial charge >= 0.3 is 5.97 Å². The highest BCUT2D eigenvalue weighted by molar-refractivity contribution is 5.93. The smallest absolute Gasteiger partial charge is 0.339 e. The van der Waals surface area contributed by atoms with Gasteiger partial charge in [0.2, 0.25) is 0 Å². The van der Waals surface area contributed by atoms with Crippen molar-refractivity contribution in [3.8, 4) is 0 Å². The molecule has 1 saturated heterocycles. The molecule has 3 rings (SSSR count). The van der Waals surface area contributed by atoms with Gasteiger partial charge in [-0.25, -0.2) is 9.78 Å². The van der Waals surface area contributed by atoms with Crippen molar-refractivity contribution < 1.29 is 14.3 Å². The molecule has 2 aromatic heterocycles. The minimum absolute atomic E-state index is 0.354. The second kappa shape index (κ2) is 5.01. The molecule has 5 heteroatoms. The summed E-state index contributed by atoms with van der Waals surface area (Å²) in [6, 6.07) is 4.25. The number of esters is 1. The third kappa shape index (κ3) is 2.21. The zero-order chi connectivity index (χ0) is 13.2. The van der Waals surface area contributed by atoms with E-state index >= 15 is 0 Å². The maximum Gasteiger partial charge on any atom is 0.339 e. The molecular formula is C14H16N2O3. The van der Waals surface area contributed by atoms with Gasteiger partial charge in [0, 0.05) is 37.0 Å². The van der Waals surface area contributed by atoms with Gasteiger partial charge in [0.15, 0.2) is 0 Å². The summed E-state index contributed by atoms with van der Waals surface area (Å²) in [6.45, 7) is 1.59. The first-order chi connectivity index (χ1) is 9.29. The minimum Gasteiger partial charge on any atom is -0.465 e. The Labute approximate surface area is 111 Å². The normalized spacial score (nSPS) is 16.7. The van der Waals surface area contributed by atoms with Gasteiger partial charge in [0.25, 0.3) is 0 Å². The van der Waals surface area contributed by atoms with Crippen LogP contribution in [0.25, 0.3) is 11.0 Å². The molecule has 1 aliphatic heterocycles. The summed E-state index contributed by atoms with van der Waals surface area (Å²) >= 11 is 0. The predicted molar refractivity (Wildman–Crippen MR) is 70.2 cm³/mol. The summed E-state index contributed by atoms with van der Waals surface area (Å²) < 4.78 is 12.3. The molecule has 0 saturated carbocycles. The van der Waals surface area contributed by atoms with E-state index in [-0.39, 0.29) is 5.97 Å². The Hall–Kier alpha value is -1.88. The number of carbonyl (C=O) groups is 1. The number of pyridine rings is 1. The van der Waals surface area contributed by atoms with E-state index in [9.17, 15) is 4.79 Å². The maximum absolute atomic E-state index is 11.5. The fraction of sp³-hybridized carbons (Fsp3) is 0.429. The highest BCUT2D eigenvalue weighted by atomic mass is 16.5. The van der Waals surface area contributed by atoms with Gasteiger partial charge in [0.05, 0.1) is 12.7 Å². The van der Waals surface area contributed by atoms with E-state index < -0.39 is 0 Å². The Morgan fingerprint density at radius 1 is 1.47 bits per heavy atom. The van der Waals surface area contributed by atoms with Crippen LogP contribution in [0.3, 0.4) is 0 Å². The van der Waals surface area contributed by atoms with Crippen LogP contribution < -0.4 is 0 Å². The number of aromatic nitrogens is 2. The minimum atomic E-state index is -0.354. The van der Waals surface area contributed by atoms with Crippen molar-refractivity contribution >= 4 is 17.0 Å². The summed E-state index contributed by atoms with van der Waals surface area (Å²) in [4.78, 5) is 15.9. The molecular weight excluding hydrogens is 244 g/mol. The van der Waals surface area contributed by atoms with E-state index in [0.717, 1.165) is 37.1 Å². The number of ether oxygens (including phenoxy) is 2. The summed E-state index contributed by atoms with van der Waals surface area (Å²) in [6.07, 6.45) is 5.62. The van der Waals surface area contributed by atoms with Gasteiger partial charge < -0.3 is 14.0 Å². The number of fused-ring (bicyclic) bond motifs is 1. The number of hydrogen-bond acceptors (Lipinski definition) is 4. The first-order valence-corrected chi connectivity index (χ1v) is 6.42. The predicted octanol–water partition coefficient (Wildman–Crippen LogP) is 2.17. The third-order valence-electron chi connectivity index (χ3n) is 3.56. The van der Waals surface area contributed by atoms with Crippen LogP contribution in [-0.2, 0) is 9.47 Å². The van der Waals surface area contributed by atoms with Crippen LogP contribution in [0, 0.1) is 0 Å². The van der Waals surface area contributed by atoms with E-state index in [0.29, 0.717) is 11.6 Å². The molecule has 1 fully saturated rings. The second-order valence-electron chi connectivity index (χ2n) is 4.69. The van der Waals surface area contributed by atoms with Gasteiger partial charge in [-0.15, -0.1) is 0 Å². The van der Waals surface area contributed by atoms with Crippen molar-refractivity contribution in [1.29, 1.82) is 0 Å². The lowest BCUT2D eigenvalue weighted by Gasteiger charge is -2.24. The number of methoxy groups -OCH3 is 1. The van der Waals surface area contributed by atoms with Gasteiger partial charge in [-0.3, -0.25) is 0 Å². The molecule has 0 N–H and O–H groups in total. The molecule has 0 amide bonds. The van der Waals surface area contributed by atoms with Crippen molar-refractivity contribution in [2.75, 3.05) is 20.3 Å². The summed E-state index contributed by atoms with van der Waals surface area (Å²) in [5, 5.41) is 0.967. The molecule has 1 aliphatic rings. The van der Waals surface area contributed by atoms with E-state index in [4.69, 9.17) is 9.47 Å². The summed E-state index contributed by atoms with van der Waals surface area (Å²) in [7, 11) is 1.37. The van der Waals surface area contributed by atoms with Crippen LogP contribution in [0.4, 0.5) is 0 Å². The quantitative estimate of drug-likeness (QED) is 0.777. The zero-order valence-electron chi connectivity index (χ0n) is 10.8. The number of rotatable bonds is 2. The third-order valence-corrected chi connectivity index (χ3v) is 3.56. The Morgan fingerprint density at radius 3 is 3.00 bits per heavy atom. The molecule has 0 aromatic carbocycles.